The van der Waals surface area contributed by atoms with Crippen LogP contribution < -0.4 is 5.62 Å². The zero-order valence-corrected chi connectivity index (χ0v) is 12.6. The number of carbonyl (C=O) groups is 1. The largest absolute Gasteiger partial charge is 0.460 e. The zero-order chi connectivity index (χ0) is 16.2. The third-order valence-corrected chi connectivity index (χ3v) is 3.29. The van der Waals surface area contributed by atoms with Gasteiger partial charge in [0.1, 0.15) is 0 Å². The molecule has 116 valence electrons. The minimum Gasteiger partial charge on any atom is -0.460 e. The molecule has 0 bridgehead atoms. The predicted molar refractivity (Wildman–Crippen MR) is 84.7 cm³/mol. The van der Waals surface area contributed by atoms with Gasteiger partial charge in [-0.25, -0.2) is 4.79 Å². The monoisotopic (exact) mass is 308 g/mol. The first-order chi connectivity index (χ1) is 11.2. The van der Waals surface area contributed by atoms with Crippen molar-refractivity contribution in [2.45, 2.75) is 6.92 Å². The molecule has 1 heterocycles. The average Bonchev–Trinajstić information content (AvgIpc) is 2.94. The highest BCUT2D eigenvalue weighted by Crippen LogP contribution is 2.11. The van der Waals surface area contributed by atoms with E-state index in [0.717, 1.165) is 0 Å². The number of rotatable bonds is 4. The molecule has 2 aromatic carbocycles. The van der Waals surface area contributed by atoms with E-state index in [4.69, 9.17) is 10.1 Å². The first-order valence-corrected chi connectivity index (χ1v) is 7.27. The lowest BCUT2D eigenvalue weighted by molar-refractivity contribution is 0.0508. The van der Waals surface area contributed by atoms with Gasteiger partial charge in [0.05, 0.1) is 18.0 Å². The SMILES string of the molecule is CCOC(=O)c1nn(-c2ccccc2)c(=N)n1-c1ccccc1. The summed E-state index contributed by atoms with van der Waals surface area (Å²) in [5, 5.41) is 12.7. The van der Waals surface area contributed by atoms with Gasteiger partial charge in [-0.1, -0.05) is 36.4 Å². The van der Waals surface area contributed by atoms with Crippen molar-refractivity contribution in [2.75, 3.05) is 6.61 Å². The van der Waals surface area contributed by atoms with Crippen molar-refractivity contribution in [3.05, 3.63) is 72.1 Å². The van der Waals surface area contributed by atoms with Gasteiger partial charge in [0.15, 0.2) is 0 Å². The fourth-order valence-corrected chi connectivity index (χ4v) is 2.28. The maximum Gasteiger partial charge on any atom is 0.376 e. The van der Waals surface area contributed by atoms with Gasteiger partial charge in [0.25, 0.3) is 0 Å². The van der Waals surface area contributed by atoms with Crippen LogP contribution >= 0.6 is 0 Å². The first-order valence-electron chi connectivity index (χ1n) is 7.27. The summed E-state index contributed by atoms with van der Waals surface area (Å²) in [6, 6.07) is 18.4. The van der Waals surface area contributed by atoms with Crippen molar-refractivity contribution >= 4 is 5.97 Å². The molecule has 0 saturated carbocycles. The van der Waals surface area contributed by atoms with Gasteiger partial charge in [0, 0.05) is 0 Å². The lowest BCUT2D eigenvalue weighted by Crippen LogP contribution is -2.24. The maximum atomic E-state index is 12.2. The van der Waals surface area contributed by atoms with Crippen LogP contribution in [0.4, 0.5) is 0 Å². The first kappa shape index (κ1) is 14.8. The highest BCUT2D eigenvalue weighted by molar-refractivity contribution is 5.86. The Balaban J connectivity index is 2.23. The van der Waals surface area contributed by atoms with Crippen LogP contribution in [0.15, 0.2) is 60.7 Å². The van der Waals surface area contributed by atoms with E-state index in [1.165, 1.54) is 9.25 Å². The van der Waals surface area contributed by atoms with Crippen molar-refractivity contribution in [3.8, 4) is 11.4 Å². The second kappa shape index (κ2) is 6.31. The number of carbonyl (C=O) groups excluding carboxylic acids is 1. The Hall–Kier alpha value is -3.15. The van der Waals surface area contributed by atoms with E-state index in [1.54, 1.807) is 6.92 Å². The quantitative estimate of drug-likeness (QED) is 0.752. The second-order valence-electron chi connectivity index (χ2n) is 4.79. The molecule has 0 aliphatic carbocycles. The molecule has 0 radical (unpaired) electrons. The highest BCUT2D eigenvalue weighted by Gasteiger charge is 2.21. The van der Waals surface area contributed by atoms with Crippen molar-refractivity contribution < 1.29 is 9.53 Å². The summed E-state index contributed by atoms with van der Waals surface area (Å²) < 4.78 is 7.97. The number of nitrogens with zero attached hydrogens (tertiary/aromatic N) is 3. The van der Waals surface area contributed by atoms with Crippen molar-refractivity contribution in [1.82, 2.24) is 14.3 Å². The Bertz CT molecular complexity index is 867. The number of aromatic nitrogens is 3. The second-order valence-corrected chi connectivity index (χ2v) is 4.79. The smallest absolute Gasteiger partial charge is 0.376 e. The standard InChI is InChI=1S/C17H16N4O2/c1-2-23-16(22)15-19-21(14-11-7-4-8-12-14)17(18)20(15)13-9-5-3-6-10-13/h3-12,18H,2H2,1H3. The number of para-hydroxylation sites is 2. The summed E-state index contributed by atoms with van der Waals surface area (Å²) in [5.74, 6) is -0.480. The summed E-state index contributed by atoms with van der Waals surface area (Å²) in [6.45, 7) is 1.99. The van der Waals surface area contributed by atoms with Crippen molar-refractivity contribution in [2.24, 2.45) is 0 Å². The van der Waals surface area contributed by atoms with Crippen LogP contribution in [0.1, 0.15) is 17.5 Å². The van der Waals surface area contributed by atoms with E-state index in [-0.39, 0.29) is 18.0 Å². The normalized spacial score (nSPS) is 10.5. The lowest BCUT2D eigenvalue weighted by atomic mass is 10.3. The van der Waals surface area contributed by atoms with E-state index in [2.05, 4.69) is 5.10 Å². The van der Waals surface area contributed by atoms with Crippen molar-refractivity contribution in [1.29, 1.82) is 5.41 Å². The van der Waals surface area contributed by atoms with Crippen LogP contribution in [-0.2, 0) is 4.74 Å². The minimum absolute atomic E-state index is 0.0745. The van der Waals surface area contributed by atoms with Crippen LogP contribution in [0.5, 0.6) is 0 Å². The summed E-state index contributed by atoms with van der Waals surface area (Å²) in [5.41, 5.74) is 1.46. The van der Waals surface area contributed by atoms with Gasteiger partial charge in [-0.2, -0.15) is 4.68 Å². The van der Waals surface area contributed by atoms with Gasteiger partial charge in [-0.05, 0) is 31.2 Å². The van der Waals surface area contributed by atoms with Crippen LogP contribution in [0, 0.1) is 5.41 Å². The van der Waals surface area contributed by atoms with E-state index >= 15 is 0 Å². The average molecular weight is 308 g/mol. The van der Waals surface area contributed by atoms with Gasteiger partial charge < -0.3 is 4.74 Å². The van der Waals surface area contributed by atoms with Gasteiger partial charge >= 0.3 is 5.97 Å². The van der Waals surface area contributed by atoms with Crippen molar-refractivity contribution in [3.63, 3.8) is 0 Å². The molecule has 0 fully saturated rings. The number of benzene rings is 2. The third-order valence-electron chi connectivity index (χ3n) is 3.29. The van der Waals surface area contributed by atoms with E-state index < -0.39 is 5.97 Å². The lowest BCUT2D eigenvalue weighted by Gasteiger charge is -2.05. The predicted octanol–water partition coefficient (Wildman–Crippen LogP) is 2.32. The molecule has 1 aromatic heterocycles. The van der Waals surface area contributed by atoms with Gasteiger partial charge in [0.2, 0.25) is 11.4 Å². The molecule has 1 N–H and O–H groups in total. The molecule has 0 saturated heterocycles. The minimum atomic E-state index is -0.556. The molecule has 0 aliphatic heterocycles. The summed E-state index contributed by atoms with van der Waals surface area (Å²) in [6.07, 6.45) is 0. The zero-order valence-electron chi connectivity index (χ0n) is 12.6. The number of esters is 1. The molecule has 0 spiro atoms. The third kappa shape index (κ3) is 2.78. The van der Waals surface area contributed by atoms with E-state index in [0.29, 0.717) is 11.4 Å². The Kier molecular flexibility index (Phi) is 4.05. The van der Waals surface area contributed by atoms with Crippen LogP contribution in [0.2, 0.25) is 0 Å². The Labute approximate surface area is 133 Å². The Morgan fingerprint density at radius 3 is 2.17 bits per heavy atom. The van der Waals surface area contributed by atoms with E-state index in [1.807, 2.05) is 60.7 Å². The highest BCUT2D eigenvalue weighted by atomic mass is 16.5. The number of hydrogen-bond donors (Lipinski definition) is 1. The van der Waals surface area contributed by atoms with E-state index in [9.17, 15) is 4.79 Å². The summed E-state index contributed by atoms with van der Waals surface area (Å²) >= 11 is 0. The topological polar surface area (TPSA) is 72.9 Å². The Morgan fingerprint density at radius 1 is 1.04 bits per heavy atom. The molecule has 0 amide bonds. The van der Waals surface area contributed by atoms with Crippen LogP contribution in [0.25, 0.3) is 11.4 Å². The van der Waals surface area contributed by atoms with Crippen LogP contribution in [-0.4, -0.2) is 26.9 Å². The molecular formula is C17H16N4O2. The number of hydrogen-bond acceptors (Lipinski definition) is 4. The molecule has 3 aromatic rings. The molecule has 23 heavy (non-hydrogen) atoms. The fourth-order valence-electron chi connectivity index (χ4n) is 2.28. The number of ether oxygens (including phenoxy) is 1. The van der Waals surface area contributed by atoms with Gasteiger partial charge in [-0.3, -0.25) is 9.98 Å². The Morgan fingerprint density at radius 2 is 1.61 bits per heavy atom. The molecule has 0 atom stereocenters. The summed E-state index contributed by atoms with van der Waals surface area (Å²) in [7, 11) is 0. The molecule has 6 heteroatoms. The number of nitrogens with one attached hydrogen (secondary N) is 1. The van der Waals surface area contributed by atoms with Gasteiger partial charge in [-0.15, -0.1) is 5.10 Å². The molecule has 6 nitrogen and oxygen atoms in total. The van der Waals surface area contributed by atoms with Crippen LogP contribution in [0.3, 0.4) is 0 Å². The summed E-state index contributed by atoms with van der Waals surface area (Å²) in [4.78, 5) is 12.2. The molecule has 0 unspecified atom stereocenters. The molecule has 0 aliphatic rings. The fraction of sp³-hybridized carbons (Fsp3) is 0.118. The maximum absolute atomic E-state index is 12.2. The molecular weight excluding hydrogens is 292 g/mol. The molecule has 3 rings (SSSR count).